The van der Waals surface area contributed by atoms with Gasteiger partial charge in [-0.05, 0) is 31.6 Å². The second-order valence-electron chi connectivity index (χ2n) is 8.30. The Hall–Kier alpha value is -0.870. The van der Waals surface area contributed by atoms with E-state index >= 15 is 0 Å². The molecule has 0 aliphatic heterocycles. The molecule has 1 heterocycles. The molecule has 4 heteroatoms. The third-order valence-corrected chi connectivity index (χ3v) is 5.72. The minimum atomic E-state index is 0.138. The van der Waals surface area contributed by atoms with Gasteiger partial charge >= 0.3 is 0 Å². The number of ether oxygens (including phenoxy) is 2. The number of imidazole rings is 1. The molecule has 3 atom stereocenters. The Morgan fingerprint density at radius 1 is 1.20 bits per heavy atom. The van der Waals surface area contributed by atoms with Crippen LogP contribution < -0.4 is 0 Å². The average Bonchev–Trinajstić information content (AvgIpc) is 3.00. The standard InChI is InChI=1S/C21H38N2O2/c1-6-7-8-9-10-11-14-25-18-12-13-21(3,4)20(24-5)19(18)17-15-22-16(2)23-17/h15,18-20H,6-14H2,1-5H3,(H,22,23)/t18-,19-,20-/m1/s1. The molecular formula is C21H38N2O2. The van der Waals surface area contributed by atoms with Gasteiger partial charge in [0.1, 0.15) is 5.82 Å². The van der Waals surface area contributed by atoms with Crippen LogP contribution in [0, 0.1) is 12.3 Å². The van der Waals surface area contributed by atoms with Crippen LogP contribution >= 0.6 is 0 Å². The Balaban J connectivity index is 1.95. The van der Waals surface area contributed by atoms with Gasteiger partial charge in [-0.25, -0.2) is 4.98 Å². The van der Waals surface area contributed by atoms with Gasteiger partial charge in [-0.1, -0.05) is 52.9 Å². The molecule has 1 saturated carbocycles. The van der Waals surface area contributed by atoms with Gasteiger partial charge in [-0.2, -0.15) is 0 Å². The fraction of sp³-hybridized carbons (Fsp3) is 0.857. The molecule has 4 nitrogen and oxygen atoms in total. The van der Waals surface area contributed by atoms with Gasteiger partial charge in [0, 0.05) is 19.9 Å². The van der Waals surface area contributed by atoms with E-state index in [1.807, 2.05) is 20.2 Å². The van der Waals surface area contributed by atoms with Crippen LogP contribution in [0.3, 0.4) is 0 Å². The fourth-order valence-corrected chi connectivity index (χ4v) is 4.24. The van der Waals surface area contributed by atoms with Crippen molar-refractivity contribution in [2.24, 2.45) is 5.41 Å². The number of unbranched alkanes of at least 4 members (excludes halogenated alkanes) is 5. The highest BCUT2D eigenvalue weighted by atomic mass is 16.5. The zero-order valence-corrected chi connectivity index (χ0v) is 16.9. The van der Waals surface area contributed by atoms with E-state index in [1.165, 1.54) is 32.1 Å². The van der Waals surface area contributed by atoms with Gasteiger partial charge in [-0.15, -0.1) is 0 Å². The SMILES string of the molecule is CCCCCCCCO[C@@H]1CCC(C)(C)[C@H](OC)[C@@H]1c1c[nH]c(C)n1. The maximum atomic E-state index is 6.36. The summed E-state index contributed by atoms with van der Waals surface area (Å²) in [6.07, 6.45) is 12.4. The van der Waals surface area contributed by atoms with Crippen LogP contribution in [-0.2, 0) is 9.47 Å². The summed E-state index contributed by atoms with van der Waals surface area (Å²) < 4.78 is 12.3. The lowest BCUT2D eigenvalue weighted by Gasteiger charge is -2.46. The lowest BCUT2D eigenvalue weighted by molar-refractivity contribution is -0.105. The summed E-state index contributed by atoms with van der Waals surface area (Å²) >= 11 is 0. The molecule has 2 rings (SSSR count). The maximum Gasteiger partial charge on any atom is 0.103 e. The first-order valence-electron chi connectivity index (χ1n) is 10.2. The van der Waals surface area contributed by atoms with Crippen LogP contribution in [-0.4, -0.2) is 35.9 Å². The Kier molecular flexibility index (Phi) is 7.95. The average molecular weight is 351 g/mol. The quantitative estimate of drug-likeness (QED) is 0.576. The summed E-state index contributed by atoms with van der Waals surface area (Å²) in [5.74, 6) is 1.17. The maximum absolute atomic E-state index is 6.36. The minimum Gasteiger partial charge on any atom is -0.380 e. The Labute approximate surface area is 154 Å². The number of aromatic nitrogens is 2. The van der Waals surface area contributed by atoms with Crippen LogP contribution in [0.5, 0.6) is 0 Å². The van der Waals surface area contributed by atoms with E-state index in [0.717, 1.165) is 37.4 Å². The van der Waals surface area contributed by atoms with Gasteiger partial charge in [0.15, 0.2) is 0 Å². The van der Waals surface area contributed by atoms with Crippen LogP contribution in [0.25, 0.3) is 0 Å². The molecule has 1 fully saturated rings. The largest absolute Gasteiger partial charge is 0.380 e. The van der Waals surface area contributed by atoms with E-state index < -0.39 is 0 Å². The third kappa shape index (κ3) is 5.55. The first-order valence-corrected chi connectivity index (χ1v) is 10.2. The molecule has 0 amide bonds. The Morgan fingerprint density at radius 2 is 1.92 bits per heavy atom. The molecule has 0 bridgehead atoms. The van der Waals surface area contributed by atoms with Gasteiger partial charge in [0.25, 0.3) is 0 Å². The molecule has 1 aromatic heterocycles. The predicted octanol–water partition coefficient (Wildman–Crippen LogP) is 5.38. The van der Waals surface area contributed by atoms with E-state index in [2.05, 4.69) is 25.8 Å². The van der Waals surface area contributed by atoms with Crippen molar-refractivity contribution in [2.45, 2.75) is 97.2 Å². The van der Waals surface area contributed by atoms with Crippen molar-refractivity contribution in [3.05, 3.63) is 17.7 Å². The molecule has 25 heavy (non-hydrogen) atoms. The van der Waals surface area contributed by atoms with Crippen LogP contribution in [0.1, 0.15) is 89.6 Å². The molecule has 0 aromatic carbocycles. The lowest BCUT2D eigenvalue weighted by Crippen LogP contribution is -2.47. The highest BCUT2D eigenvalue weighted by Gasteiger charge is 2.46. The molecular weight excluding hydrogens is 312 g/mol. The third-order valence-electron chi connectivity index (χ3n) is 5.72. The Morgan fingerprint density at radius 3 is 2.56 bits per heavy atom. The smallest absolute Gasteiger partial charge is 0.103 e. The van der Waals surface area contributed by atoms with Crippen molar-refractivity contribution in [2.75, 3.05) is 13.7 Å². The van der Waals surface area contributed by atoms with E-state index in [-0.39, 0.29) is 23.5 Å². The van der Waals surface area contributed by atoms with Crippen molar-refractivity contribution in [1.82, 2.24) is 9.97 Å². The highest BCUT2D eigenvalue weighted by molar-refractivity contribution is 5.16. The van der Waals surface area contributed by atoms with E-state index in [4.69, 9.17) is 14.5 Å². The summed E-state index contributed by atoms with van der Waals surface area (Å²) in [6.45, 7) is 9.73. The van der Waals surface area contributed by atoms with Crippen LogP contribution in [0.4, 0.5) is 0 Å². The zero-order valence-electron chi connectivity index (χ0n) is 16.9. The monoisotopic (exact) mass is 350 g/mol. The van der Waals surface area contributed by atoms with Gasteiger partial charge in [0.2, 0.25) is 0 Å². The zero-order chi connectivity index (χ0) is 18.3. The minimum absolute atomic E-state index is 0.138. The van der Waals surface area contributed by atoms with Crippen molar-refractivity contribution in [1.29, 1.82) is 0 Å². The number of aromatic amines is 1. The molecule has 0 spiro atoms. The second kappa shape index (κ2) is 9.72. The summed E-state index contributed by atoms with van der Waals surface area (Å²) in [7, 11) is 1.83. The first-order chi connectivity index (χ1) is 12.0. The normalized spacial score (nSPS) is 26.0. The van der Waals surface area contributed by atoms with Gasteiger partial charge in [0.05, 0.1) is 23.8 Å². The second-order valence-corrected chi connectivity index (χ2v) is 8.30. The van der Waals surface area contributed by atoms with Crippen LogP contribution in [0.2, 0.25) is 0 Å². The number of rotatable bonds is 10. The number of methoxy groups -OCH3 is 1. The molecule has 0 radical (unpaired) electrons. The number of hydrogen-bond donors (Lipinski definition) is 1. The van der Waals surface area contributed by atoms with Crippen molar-refractivity contribution in [3.63, 3.8) is 0 Å². The summed E-state index contributed by atoms with van der Waals surface area (Å²) in [6, 6.07) is 0. The molecule has 0 unspecified atom stereocenters. The number of nitrogens with one attached hydrogen (secondary N) is 1. The molecule has 1 N–H and O–H groups in total. The van der Waals surface area contributed by atoms with Crippen LogP contribution in [0.15, 0.2) is 6.20 Å². The highest BCUT2D eigenvalue weighted by Crippen LogP contribution is 2.46. The summed E-state index contributed by atoms with van der Waals surface area (Å²) in [4.78, 5) is 7.94. The van der Waals surface area contributed by atoms with Crippen molar-refractivity contribution in [3.8, 4) is 0 Å². The fourth-order valence-electron chi connectivity index (χ4n) is 4.24. The molecule has 1 aromatic rings. The van der Waals surface area contributed by atoms with Crippen molar-refractivity contribution >= 4 is 0 Å². The van der Waals surface area contributed by atoms with Gasteiger partial charge in [-0.3, -0.25) is 0 Å². The molecule has 144 valence electrons. The molecule has 0 saturated heterocycles. The lowest BCUT2D eigenvalue weighted by atomic mass is 9.67. The number of nitrogens with zero attached hydrogens (tertiary/aromatic N) is 1. The summed E-state index contributed by atoms with van der Waals surface area (Å²) in [5.41, 5.74) is 1.23. The Bertz CT molecular complexity index is 498. The van der Waals surface area contributed by atoms with Gasteiger partial charge < -0.3 is 14.5 Å². The number of hydrogen-bond acceptors (Lipinski definition) is 3. The van der Waals surface area contributed by atoms with E-state index in [1.54, 1.807) is 0 Å². The number of H-pyrrole nitrogens is 1. The number of aryl methyl sites for hydroxylation is 1. The van der Waals surface area contributed by atoms with E-state index in [9.17, 15) is 0 Å². The first kappa shape index (κ1) is 20.4. The van der Waals surface area contributed by atoms with Crippen molar-refractivity contribution < 1.29 is 9.47 Å². The topological polar surface area (TPSA) is 47.1 Å². The molecule has 1 aliphatic carbocycles. The predicted molar refractivity (Wildman–Crippen MR) is 103 cm³/mol. The van der Waals surface area contributed by atoms with E-state index in [0.29, 0.717) is 0 Å². The summed E-state index contributed by atoms with van der Waals surface area (Å²) in [5, 5.41) is 0. The molecule has 1 aliphatic rings.